The maximum Gasteiger partial charge on any atom is 0.182 e. The highest BCUT2D eigenvalue weighted by Gasteiger charge is 2.11. The molecule has 0 unspecified atom stereocenters. The van der Waals surface area contributed by atoms with Crippen LogP contribution in [0, 0.1) is 5.92 Å². The SMILES string of the molecule is CCCNc1ncc(CN(CC)CC(CC)CC)s1. The highest BCUT2D eigenvalue weighted by atomic mass is 32.1. The number of rotatable bonds is 10. The molecule has 1 N–H and O–H groups in total. The van der Waals surface area contributed by atoms with Crippen molar-refractivity contribution in [1.29, 1.82) is 0 Å². The molecule has 110 valence electrons. The van der Waals surface area contributed by atoms with Gasteiger partial charge < -0.3 is 5.32 Å². The summed E-state index contributed by atoms with van der Waals surface area (Å²) >= 11 is 1.79. The maximum atomic E-state index is 4.44. The third-order valence-corrected chi connectivity index (χ3v) is 4.52. The fraction of sp³-hybridized carbons (Fsp3) is 0.800. The summed E-state index contributed by atoms with van der Waals surface area (Å²) in [4.78, 5) is 8.34. The van der Waals surface area contributed by atoms with Gasteiger partial charge in [0.05, 0.1) is 0 Å². The van der Waals surface area contributed by atoms with Gasteiger partial charge in [0, 0.05) is 30.7 Å². The smallest absolute Gasteiger partial charge is 0.182 e. The van der Waals surface area contributed by atoms with Gasteiger partial charge in [-0.2, -0.15) is 0 Å². The number of thiazole rings is 1. The van der Waals surface area contributed by atoms with E-state index in [2.05, 4.69) is 42.9 Å². The first-order chi connectivity index (χ1) is 9.23. The van der Waals surface area contributed by atoms with Gasteiger partial charge in [-0.05, 0) is 18.9 Å². The van der Waals surface area contributed by atoms with Gasteiger partial charge in [-0.25, -0.2) is 4.98 Å². The van der Waals surface area contributed by atoms with Crippen molar-refractivity contribution < 1.29 is 0 Å². The summed E-state index contributed by atoms with van der Waals surface area (Å²) in [6.07, 6.45) is 5.72. The van der Waals surface area contributed by atoms with Crippen LogP contribution < -0.4 is 5.32 Å². The lowest BCUT2D eigenvalue weighted by Gasteiger charge is -2.24. The summed E-state index contributed by atoms with van der Waals surface area (Å²) < 4.78 is 0. The number of hydrogen-bond donors (Lipinski definition) is 1. The van der Waals surface area contributed by atoms with Crippen molar-refractivity contribution in [3.05, 3.63) is 11.1 Å². The zero-order chi connectivity index (χ0) is 14.1. The minimum Gasteiger partial charge on any atom is -0.362 e. The Hall–Kier alpha value is -0.610. The van der Waals surface area contributed by atoms with E-state index in [-0.39, 0.29) is 0 Å². The molecule has 1 rings (SSSR count). The number of hydrogen-bond acceptors (Lipinski definition) is 4. The molecule has 0 saturated heterocycles. The Balaban J connectivity index is 2.48. The normalized spacial score (nSPS) is 11.5. The van der Waals surface area contributed by atoms with Crippen LogP contribution in [-0.2, 0) is 6.54 Å². The zero-order valence-corrected chi connectivity index (χ0v) is 13.7. The Morgan fingerprint density at radius 2 is 2.00 bits per heavy atom. The van der Waals surface area contributed by atoms with E-state index in [1.807, 2.05) is 6.20 Å². The van der Waals surface area contributed by atoms with Crippen LogP contribution in [0.4, 0.5) is 5.13 Å². The van der Waals surface area contributed by atoms with Crippen LogP contribution in [-0.4, -0.2) is 29.5 Å². The van der Waals surface area contributed by atoms with E-state index in [1.165, 1.54) is 24.3 Å². The summed E-state index contributed by atoms with van der Waals surface area (Å²) in [6, 6.07) is 0. The van der Waals surface area contributed by atoms with Crippen LogP contribution in [0.1, 0.15) is 51.8 Å². The fourth-order valence-corrected chi connectivity index (χ4v) is 3.01. The quantitative estimate of drug-likeness (QED) is 0.696. The van der Waals surface area contributed by atoms with Crippen LogP contribution in [0.5, 0.6) is 0 Å². The molecule has 0 aliphatic heterocycles. The van der Waals surface area contributed by atoms with Gasteiger partial charge in [0.1, 0.15) is 0 Å². The van der Waals surface area contributed by atoms with Crippen LogP contribution >= 0.6 is 11.3 Å². The predicted molar refractivity (Wildman–Crippen MR) is 85.9 cm³/mol. The van der Waals surface area contributed by atoms with Crippen LogP contribution in [0.3, 0.4) is 0 Å². The number of anilines is 1. The van der Waals surface area contributed by atoms with Crippen molar-refractivity contribution in [1.82, 2.24) is 9.88 Å². The van der Waals surface area contributed by atoms with E-state index >= 15 is 0 Å². The molecular weight excluding hydrogens is 254 g/mol. The van der Waals surface area contributed by atoms with Crippen molar-refractivity contribution in [2.45, 2.75) is 53.5 Å². The van der Waals surface area contributed by atoms with E-state index in [1.54, 1.807) is 11.3 Å². The second-order valence-corrected chi connectivity index (χ2v) is 6.18. The summed E-state index contributed by atoms with van der Waals surface area (Å²) in [5.74, 6) is 0.825. The summed E-state index contributed by atoms with van der Waals surface area (Å²) in [7, 11) is 0. The second kappa shape index (κ2) is 9.32. The van der Waals surface area contributed by atoms with Crippen LogP contribution in [0.25, 0.3) is 0 Å². The molecule has 0 atom stereocenters. The fourth-order valence-electron chi connectivity index (χ4n) is 2.13. The zero-order valence-electron chi connectivity index (χ0n) is 12.9. The Kier molecular flexibility index (Phi) is 8.07. The molecule has 1 heterocycles. The summed E-state index contributed by atoms with van der Waals surface area (Å²) in [5, 5.41) is 4.42. The molecule has 0 aliphatic rings. The van der Waals surface area contributed by atoms with Gasteiger partial charge in [0.15, 0.2) is 5.13 Å². The minimum absolute atomic E-state index is 0.825. The standard InChI is InChI=1S/C15H29N3S/c1-5-9-16-15-17-10-14(19-15)12-18(8-4)11-13(6-2)7-3/h10,13H,5-9,11-12H2,1-4H3,(H,16,17). The highest BCUT2D eigenvalue weighted by Crippen LogP contribution is 2.20. The van der Waals surface area contributed by atoms with E-state index in [9.17, 15) is 0 Å². The van der Waals surface area contributed by atoms with Crippen molar-refractivity contribution in [2.75, 3.05) is 25.0 Å². The predicted octanol–water partition coefficient (Wildman–Crippen LogP) is 4.22. The molecule has 3 nitrogen and oxygen atoms in total. The lowest BCUT2D eigenvalue weighted by Crippen LogP contribution is -2.28. The Morgan fingerprint density at radius 3 is 2.58 bits per heavy atom. The van der Waals surface area contributed by atoms with Crippen molar-refractivity contribution in [3.8, 4) is 0 Å². The molecule has 0 fully saturated rings. The van der Waals surface area contributed by atoms with Crippen LogP contribution in [0.2, 0.25) is 0 Å². The van der Waals surface area contributed by atoms with E-state index < -0.39 is 0 Å². The Labute approximate surface area is 122 Å². The molecule has 0 saturated carbocycles. The van der Waals surface area contributed by atoms with E-state index in [4.69, 9.17) is 0 Å². The molecule has 0 bridgehead atoms. The Morgan fingerprint density at radius 1 is 1.26 bits per heavy atom. The second-order valence-electron chi connectivity index (χ2n) is 5.07. The average Bonchev–Trinajstić information content (AvgIpc) is 2.88. The van der Waals surface area contributed by atoms with E-state index in [0.717, 1.165) is 37.1 Å². The molecule has 0 amide bonds. The van der Waals surface area contributed by atoms with E-state index in [0.29, 0.717) is 0 Å². The minimum atomic E-state index is 0.825. The van der Waals surface area contributed by atoms with Gasteiger partial charge in [-0.3, -0.25) is 4.90 Å². The van der Waals surface area contributed by atoms with Gasteiger partial charge >= 0.3 is 0 Å². The van der Waals surface area contributed by atoms with Gasteiger partial charge in [0.2, 0.25) is 0 Å². The average molecular weight is 283 g/mol. The Bertz CT molecular complexity index is 334. The molecule has 0 aliphatic carbocycles. The molecule has 1 aromatic heterocycles. The molecule has 0 radical (unpaired) electrons. The molecule has 1 aromatic rings. The van der Waals surface area contributed by atoms with Gasteiger partial charge in [-0.15, -0.1) is 11.3 Å². The largest absolute Gasteiger partial charge is 0.362 e. The maximum absolute atomic E-state index is 4.44. The van der Waals surface area contributed by atoms with Crippen LogP contribution in [0.15, 0.2) is 6.20 Å². The molecule has 0 aromatic carbocycles. The highest BCUT2D eigenvalue weighted by molar-refractivity contribution is 7.15. The molecule has 4 heteroatoms. The first kappa shape index (κ1) is 16.4. The third-order valence-electron chi connectivity index (χ3n) is 3.58. The van der Waals surface area contributed by atoms with Crippen molar-refractivity contribution in [2.24, 2.45) is 5.92 Å². The van der Waals surface area contributed by atoms with Crippen molar-refractivity contribution >= 4 is 16.5 Å². The summed E-state index contributed by atoms with van der Waals surface area (Å²) in [5.41, 5.74) is 0. The molecule has 19 heavy (non-hydrogen) atoms. The first-order valence-electron chi connectivity index (χ1n) is 7.64. The number of aromatic nitrogens is 1. The van der Waals surface area contributed by atoms with Crippen molar-refractivity contribution in [3.63, 3.8) is 0 Å². The first-order valence-corrected chi connectivity index (χ1v) is 8.45. The molecular formula is C15H29N3S. The topological polar surface area (TPSA) is 28.2 Å². The van der Waals surface area contributed by atoms with Gasteiger partial charge in [-0.1, -0.05) is 40.5 Å². The molecule has 0 spiro atoms. The summed E-state index contributed by atoms with van der Waals surface area (Å²) in [6.45, 7) is 13.4. The third kappa shape index (κ3) is 5.91. The lowest BCUT2D eigenvalue weighted by atomic mass is 10.0. The van der Waals surface area contributed by atoms with Gasteiger partial charge in [0.25, 0.3) is 0 Å². The number of nitrogens with zero attached hydrogens (tertiary/aromatic N) is 2. The number of nitrogens with one attached hydrogen (secondary N) is 1. The monoisotopic (exact) mass is 283 g/mol. The lowest BCUT2D eigenvalue weighted by molar-refractivity contribution is 0.228.